The zero-order valence-corrected chi connectivity index (χ0v) is 20.1. The van der Waals surface area contributed by atoms with Gasteiger partial charge in [0.15, 0.2) is 10.3 Å². The zero-order chi connectivity index (χ0) is 21.8. The molecule has 0 aliphatic rings. The Balaban J connectivity index is 3.30. The fraction of sp³-hybridized carbons (Fsp3) is 0.579. The average molecular weight is 440 g/mol. The van der Waals surface area contributed by atoms with E-state index in [1.54, 1.807) is 7.11 Å². The number of nitrogens with zero attached hydrogens (tertiary/aromatic N) is 4. The standard InChI is InChI=1S/C19H33N7OS2/c1-8-20-18(28)24-23-17(14(4)22-25-19(29-7)21-9-2)16-12-13(3)26(15(16)5)10-11-27-6/h12H,8-11H2,1-7H3,(H,21,25)(H2,20,24,28)/b22-14+,23-17-. The van der Waals surface area contributed by atoms with Crippen LogP contribution in [0, 0.1) is 13.8 Å². The highest BCUT2D eigenvalue weighted by atomic mass is 32.2. The van der Waals surface area contributed by atoms with Crippen LogP contribution in [0.2, 0.25) is 0 Å². The van der Waals surface area contributed by atoms with Crippen molar-refractivity contribution < 1.29 is 4.74 Å². The van der Waals surface area contributed by atoms with E-state index in [1.165, 1.54) is 11.8 Å². The van der Waals surface area contributed by atoms with Crippen molar-refractivity contribution >= 4 is 45.7 Å². The van der Waals surface area contributed by atoms with Crippen molar-refractivity contribution in [3.8, 4) is 0 Å². The molecule has 0 saturated carbocycles. The van der Waals surface area contributed by atoms with Crippen LogP contribution < -0.4 is 16.2 Å². The van der Waals surface area contributed by atoms with Crippen molar-refractivity contribution in [2.24, 2.45) is 15.2 Å². The van der Waals surface area contributed by atoms with Crippen molar-refractivity contribution in [2.75, 3.05) is 33.1 Å². The number of hydrogen-bond acceptors (Lipinski definition) is 6. The van der Waals surface area contributed by atoms with Crippen LogP contribution in [0.5, 0.6) is 0 Å². The van der Waals surface area contributed by atoms with E-state index in [0.717, 1.165) is 40.9 Å². The van der Waals surface area contributed by atoms with Crippen LogP contribution in [0.15, 0.2) is 21.3 Å². The number of nitrogens with one attached hydrogen (secondary N) is 3. The van der Waals surface area contributed by atoms with Crippen molar-refractivity contribution in [1.82, 2.24) is 20.7 Å². The van der Waals surface area contributed by atoms with Gasteiger partial charge in [0.05, 0.1) is 12.3 Å². The Morgan fingerprint density at radius 1 is 1.24 bits per heavy atom. The Kier molecular flexibility index (Phi) is 11.6. The summed E-state index contributed by atoms with van der Waals surface area (Å²) in [6, 6.07) is 2.11. The summed E-state index contributed by atoms with van der Waals surface area (Å²) in [4.78, 5) is 4.37. The summed E-state index contributed by atoms with van der Waals surface area (Å²) in [7, 11) is 1.71. The van der Waals surface area contributed by atoms with E-state index in [1.807, 2.05) is 27.0 Å². The van der Waals surface area contributed by atoms with Gasteiger partial charge in [0, 0.05) is 43.7 Å². The summed E-state index contributed by atoms with van der Waals surface area (Å²) in [6.07, 6.45) is 1.96. The first kappa shape index (κ1) is 25.1. The van der Waals surface area contributed by atoms with Crippen molar-refractivity contribution in [2.45, 2.75) is 41.2 Å². The van der Waals surface area contributed by atoms with Crippen LogP contribution in [0.1, 0.15) is 37.7 Å². The van der Waals surface area contributed by atoms with E-state index < -0.39 is 0 Å². The van der Waals surface area contributed by atoms with Gasteiger partial charge in [-0.25, -0.2) is 0 Å². The Morgan fingerprint density at radius 2 is 1.97 bits per heavy atom. The summed E-state index contributed by atoms with van der Waals surface area (Å²) in [5.41, 5.74) is 10.6. The van der Waals surface area contributed by atoms with Gasteiger partial charge in [-0.15, -0.1) is 0 Å². The molecule has 1 rings (SSSR count). The molecular formula is C19H33N7OS2. The first-order valence-electron chi connectivity index (χ1n) is 9.56. The number of thioether (sulfide) groups is 1. The summed E-state index contributed by atoms with van der Waals surface area (Å²) in [5.74, 6) is 0. The van der Waals surface area contributed by atoms with Crippen LogP contribution in [-0.2, 0) is 11.3 Å². The molecule has 0 saturated heterocycles. The van der Waals surface area contributed by atoms with Gasteiger partial charge in [0.25, 0.3) is 0 Å². The van der Waals surface area contributed by atoms with Gasteiger partial charge in [-0.1, -0.05) is 11.8 Å². The SMILES string of the molecule is CCN=C(N/N=C(C)/C(=N/NC(=S)NCC)c1cc(C)n(CCOC)c1C)SC. The number of amidine groups is 1. The van der Waals surface area contributed by atoms with Crippen LogP contribution in [-0.4, -0.2) is 59.3 Å². The van der Waals surface area contributed by atoms with Crippen LogP contribution >= 0.6 is 24.0 Å². The minimum absolute atomic E-state index is 0.469. The molecule has 0 aliphatic carbocycles. The highest BCUT2D eigenvalue weighted by molar-refractivity contribution is 8.13. The zero-order valence-electron chi connectivity index (χ0n) is 18.4. The molecule has 0 amide bonds. The molecule has 0 unspecified atom stereocenters. The number of aryl methyl sites for hydroxylation is 1. The third-order valence-corrected chi connectivity index (χ3v) is 4.95. The van der Waals surface area contributed by atoms with Gasteiger partial charge in [-0.3, -0.25) is 15.8 Å². The lowest BCUT2D eigenvalue weighted by molar-refractivity contribution is 0.186. The second kappa shape index (κ2) is 13.3. The van der Waals surface area contributed by atoms with Gasteiger partial charge in [-0.05, 0) is 59.2 Å². The molecule has 1 heterocycles. The van der Waals surface area contributed by atoms with Crippen LogP contribution in [0.3, 0.4) is 0 Å². The maximum Gasteiger partial charge on any atom is 0.186 e. The van der Waals surface area contributed by atoms with Crippen molar-refractivity contribution in [3.63, 3.8) is 0 Å². The predicted octanol–water partition coefficient (Wildman–Crippen LogP) is 2.64. The van der Waals surface area contributed by atoms with E-state index in [4.69, 9.17) is 17.0 Å². The smallest absolute Gasteiger partial charge is 0.186 e. The molecule has 0 spiro atoms. The van der Waals surface area contributed by atoms with Crippen LogP contribution in [0.4, 0.5) is 0 Å². The lowest BCUT2D eigenvalue weighted by atomic mass is 10.1. The van der Waals surface area contributed by atoms with Crippen molar-refractivity contribution in [1.29, 1.82) is 0 Å². The molecule has 3 N–H and O–H groups in total. The average Bonchev–Trinajstić information content (AvgIpc) is 2.97. The van der Waals surface area contributed by atoms with Gasteiger partial charge >= 0.3 is 0 Å². The normalized spacial score (nSPS) is 12.9. The Labute approximate surface area is 183 Å². The van der Waals surface area contributed by atoms with Gasteiger partial charge < -0.3 is 14.6 Å². The second-order valence-corrected chi connectivity index (χ2v) is 7.36. The Morgan fingerprint density at radius 3 is 2.55 bits per heavy atom. The number of methoxy groups -OCH3 is 1. The highest BCUT2D eigenvalue weighted by Gasteiger charge is 2.17. The number of hydrogen-bond donors (Lipinski definition) is 3. The minimum Gasteiger partial charge on any atom is -0.383 e. The molecule has 0 aromatic carbocycles. The molecule has 8 nitrogen and oxygen atoms in total. The number of thiocarbonyl (C=S) groups is 1. The Hall–Kier alpha value is -1.91. The van der Waals surface area contributed by atoms with E-state index >= 15 is 0 Å². The van der Waals surface area contributed by atoms with Crippen molar-refractivity contribution in [3.05, 3.63) is 23.0 Å². The molecule has 0 radical (unpaired) electrons. The molecule has 0 fully saturated rings. The fourth-order valence-corrected chi connectivity index (χ4v) is 3.27. The summed E-state index contributed by atoms with van der Waals surface area (Å²) >= 11 is 6.77. The molecule has 0 aliphatic heterocycles. The monoisotopic (exact) mass is 439 g/mol. The summed E-state index contributed by atoms with van der Waals surface area (Å²) in [5, 5.41) is 13.3. The van der Waals surface area contributed by atoms with Crippen LogP contribution in [0.25, 0.3) is 0 Å². The highest BCUT2D eigenvalue weighted by Crippen LogP contribution is 2.17. The largest absolute Gasteiger partial charge is 0.383 e. The molecule has 1 aromatic heterocycles. The van der Waals surface area contributed by atoms with Gasteiger partial charge in [-0.2, -0.15) is 10.2 Å². The van der Waals surface area contributed by atoms with Gasteiger partial charge in [0.1, 0.15) is 5.71 Å². The molecule has 162 valence electrons. The lowest BCUT2D eigenvalue weighted by Crippen LogP contribution is -2.33. The Bertz CT molecular complexity index is 769. The number of rotatable bonds is 9. The summed E-state index contributed by atoms with van der Waals surface area (Å²) in [6.45, 7) is 12.9. The number of ether oxygens (including phenoxy) is 1. The molecule has 10 heteroatoms. The quantitative estimate of drug-likeness (QED) is 0.237. The molecule has 0 atom stereocenters. The third-order valence-electron chi connectivity index (χ3n) is 4.11. The number of aliphatic imine (C=N–C) groups is 1. The second-order valence-electron chi connectivity index (χ2n) is 6.15. The third kappa shape index (κ3) is 7.79. The molecule has 29 heavy (non-hydrogen) atoms. The maximum atomic E-state index is 5.26. The first-order valence-corrected chi connectivity index (χ1v) is 11.2. The van der Waals surface area contributed by atoms with Gasteiger partial charge in [0.2, 0.25) is 0 Å². The fourth-order valence-electron chi connectivity index (χ4n) is 2.68. The van der Waals surface area contributed by atoms with E-state index in [2.05, 4.69) is 55.8 Å². The van der Waals surface area contributed by atoms with E-state index in [-0.39, 0.29) is 0 Å². The number of aromatic nitrogens is 1. The van der Waals surface area contributed by atoms with E-state index in [9.17, 15) is 0 Å². The molecular weight excluding hydrogens is 406 g/mol. The van der Waals surface area contributed by atoms with E-state index in [0.29, 0.717) is 24.0 Å². The predicted molar refractivity (Wildman–Crippen MR) is 129 cm³/mol. The molecule has 0 bridgehead atoms. The first-order chi connectivity index (χ1) is 13.9. The lowest BCUT2D eigenvalue weighted by Gasteiger charge is -2.12. The minimum atomic E-state index is 0.469. The summed E-state index contributed by atoms with van der Waals surface area (Å²) < 4.78 is 7.45. The maximum absolute atomic E-state index is 5.26. The topological polar surface area (TPSA) is 87.3 Å². The molecule has 1 aromatic rings. The number of hydrazone groups is 2.